The van der Waals surface area contributed by atoms with Crippen molar-refractivity contribution in [3.63, 3.8) is 0 Å². The number of ketones is 2. The largest absolute Gasteiger partial charge is 0.495 e. The minimum absolute atomic E-state index is 0.00686. The summed E-state index contributed by atoms with van der Waals surface area (Å²) in [4.78, 5) is 89.3. The molecule has 7 rings (SSSR count). The number of rotatable bonds is 22. The van der Waals surface area contributed by atoms with Crippen LogP contribution >= 0.6 is 11.8 Å². The van der Waals surface area contributed by atoms with Crippen molar-refractivity contribution in [1.29, 1.82) is 0 Å². The van der Waals surface area contributed by atoms with Crippen LogP contribution in [-0.4, -0.2) is 129 Å². The molecule has 0 aromatic heterocycles. The van der Waals surface area contributed by atoms with Crippen LogP contribution in [0.3, 0.4) is 0 Å². The van der Waals surface area contributed by atoms with E-state index in [0.29, 0.717) is 23.4 Å². The van der Waals surface area contributed by atoms with E-state index in [9.17, 15) is 48.9 Å². The maximum absolute atomic E-state index is 17.8. The number of ether oxygens (including phenoxy) is 3. The van der Waals surface area contributed by atoms with Gasteiger partial charge in [0.25, 0.3) is 0 Å². The van der Waals surface area contributed by atoms with Gasteiger partial charge in [-0.1, -0.05) is 70.0 Å². The molecule has 75 heavy (non-hydrogen) atoms. The number of aliphatic hydroxyl groups is 2. The number of alkyl halides is 2. The number of methoxy groups -OCH3 is 1. The molecule has 0 spiro atoms. The highest BCUT2D eigenvalue weighted by Gasteiger charge is 2.80. The van der Waals surface area contributed by atoms with Crippen LogP contribution in [0.5, 0.6) is 5.75 Å². The normalized spacial score (nSPS) is 31.0. The molecular formula is C55H70F2N4O13S. The lowest BCUT2D eigenvalue weighted by Gasteiger charge is -2.63. The summed E-state index contributed by atoms with van der Waals surface area (Å²) in [6, 6.07) is 10.4. The Kier molecular flexibility index (Phi) is 17.5. The first-order chi connectivity index (χ1) is 35.4. The van der Waals surface area contributed by atoms with Gasteiger partial charge in [-0.25, -0.2) is 8.78 Å². The number of benzene rings is 2. The molecule has 0 radical (unpaired) electrons. The van der Waals surface area contributed by atoms with Crippen LogP contribution in [0.25, 0.3) is 0 Å². The van der Waals surface area contributed by atoms with Crippen molar-refractivity contribution in [1.82, 2.24) is 16.0 Å². The topological polar surface area (TPSA) is 256 Å². The number of anilines is 1. The predicted molar refractivity (Wildman–Crippen MR) is 274 cm³/mol. The number of aliphatic carboxylic acids is 1. The van der Waals surface area contributed by atoms with Gasteiger partial charge in [0, 0.05) is 40.5 Å². The first-order valence-corrected chi connectivity index (χ1v) is 26.6. The Hall–Kier alpha value is -5.54. The number of carboxylic acid groups (broad SMARTS) is 1. The molecule has 1 aliphatic heterocycles. The number of aliphatic hydroxyl groups excluding tert-OH is 2. The third kappa shape index (κ3) is 11.0. The van der Waals surface area contributed by atoms with Crippen molar-refractivity contribution in [2.45, 2.75) is 158 Å². The highest BCUT2D eigenvalue weighted by molar-refractivity contribution is 8.01. The number of nitrogens with one attached hydrogen (secondary N) is 4. The number of Topliss-reactive ketones (excluding diaryl/α,β-unsaturated/α-hetero) is 1. The van der Waals surface area contributed by atoms with E-state index in [0.717, 1.165) is 36.5 Å². The van der Waals surface area contributed by atoms with Gasteiger partial charge in [-0.05, 0) is 99.8 Å². The zero-order valence-electron chi connectivity index (χ0n) is 43.4. The van der Waals surface area contributed by atoms with Gasteiger partial charge in [0.05, 0.1) is 36.7 Å². The molecule has 7 N–H and O–H groups in total. The van der Waals surface area contributed by atoms with E-state index in [1.165, 1.54) is 51.8 Å². The van der Waals surface area contributed by atoms with Crippen molar-refractivity contribution in [2.75, 3.05) is 25.6 Å². The van der Waals surface area contributed by atoms with Crippen molar-refractivity contribution in [3.05, 3.63) is 83.0 Å². The summed E-state index contributed by atoms with van der Waals surface area (Å²) in [6.45, 7) is 9.20. The Bertz CT molecular complexity index is 2600. The summed E-state index contributed by atoms with van der Waals surface area (Å²) >= 11 is 1.29. The van der Waals surface area contributed by atoms with Crippen molar-refractivity contribution in [3.8, 4) is 5.75 Å². The van der Waals surface area contributed by atoms with Crippen LogP contribution in [0, 0.1) is 22.7 Å². The molecule has 5 aliphatic rings. The van der Waals surface area contributed by atoms with E-state index in [2.05, 4.69) is 21.3 Å². The molecule has 408 valence electrons. The van der Waals surface area contributed by atoms with Gasteiger partial charge in [0.15, 0.2) is 29.1 Å². The Labute approximate surface area is 439 Å². The van der Waals surface area contributed by atoms with Crippen LogP contribution in [0.2, 0.25) is 0 Å². The number of allylic oxidation sites excluding steroid dienone is 4. The molecule has 1 heterocycles. The van der Waals surface area contributed by atoms with E-state index in [4.69, 9.17) is 14.2 Å². The lowest BCUT2D eigenvalue weighted by atomic mass is 9.44. The fourth-order valence-electron chi connectivity index (χ4n) is 12.3. The summed E-state index contributed by atoms with van der Waals surface area (Å²) in [6.07, 6.45) is 0.602. The average Bonchev–Trinajstić information content (AvgIpc) is 3.87. The van der Waals surface area contributed by atoms with Crippen molar-refractivity contribution in [2.24, 2.45) is 22.7 Å². The second-order valence-corrected chi connectivity index (χ2v) is 22.8. The molecule has 3 saturated carbocycles. The molecule has 1 saturated heterocycles. The van der Waals surface area contributed by atoms with E-state index < -0.39 is 124 Å². The minimum atomic E-state index is -2.36. The first-order valence-electron chi connectivity index (χ1n) is 25.7. The maximum atomic E-state index is 17.8. The number of carbonyl (C=O) groups is 7. The van der Waals surface area contributed by atoms with Gasteiger partial charge in [0.2, 0.25) is 23.6 Å². The lowest BCUT2D eigenvalue weighted by Crippen LogP contribution is -2.70. The molecule has 2 unspecified atom stereocenters. The molecule has 14 atom stereocenters. The van der Waals surface area contributed by atoms with Crippen LogP contribution in [0.1, 0.15) is 116 Å². The fraction of sp³-hybridized carbons (Fsp3) is 0.582. The van der Waals surface area contributed by atoms with Gasteiger partial charge in [-0.3, -0.25) is 33.6 Å². The molecule has 4 fully saturated rings. The van der Waals surface area contributed by atoms with E-state index >= 15 is 8.78 Å². The smallest absolute Gasteiger partial charge is 0.305 e. The second kappa shape index (κ2) is 23.0. The number of fused-ring (bicyclic) bond motifs is 7. The van der Waals surface area contributed by atoms with Crippen LogP contribution < -0.4 is 26.0 Å². The second-order valence-electron chi connectivity index (χ2n) is 21.2. The van der Waals surface area contributed by atoms with Crippen LogP contribution in [0.4, 0.5) is 14.5 Å². The average molecular weight is 1070 g/mol. The zero-order valence-corrected chi connectivity index (χ0v) is 44.2. The fourth-order valence-corrected chi connectivity index (χ4v) is 13.6. The van der Waals surface area contributed by atoms with Crippen molar-refractivity contribution >= 4 is 58.6 Å². The Morgan fingerprint density at radius 2 is 1.64 bits per heavy atom. The number of carbonyl (C=O) groups excluding carboxylic acids is 6. The number of hydrogen-bond donors (Lipinski definition) is 7. The van der Waals surface area contributed by atoms with E-state index in [-0.39, 0.29) is 49.5 Å². The zero-order chi connectivity index (χ0) is 54.8. The third-order valence-corrected chi connectivity index (χ3v) is 17.7. The standard InChI is InChI=1S/C55H70F2N4O13S/c1-8-9-10-29(2)75-42(26-47(67)68)50(71)58-20-18-46(66)59-30(3)48(69)60-31(4)49(70)61-40-16-13-33(22-41(40)72-7)21-32-11-14-34(15-12-32)51-73-45-25-36-37-24-39(56)38-23-35(63)17-19-52(38,5)54(37,57)43(64)27-53(36,6)55(45,74-51)44(65)28-62/h11-17,19,22-23,29-31,36-37,39,42-43,45,51,62,64H,8-10,18,20-21,24-28H2,1-7H3,(H,58,71)(H,59,66)(H,60,69)(H,61,70)(H,67,68)/t29?,30-,31-,36-,37-,39-,42?,43-,45+,51+,52-,53-,54-,55+/m0/s1. The summed E-state index contributed by atoms with van der Waals surface area (Å²) in [5.74, 6) is -5.83. The number of amides is 4. The van der Waals surface area contributed by atoms with Gasteiger partial charge in [-0.15, -0.1) is 11.8 Å². The monoisotopic (exact) mass is 1060 g/mol. The van der Waals surface area contributed by atoms with E-state index in [1.54, 1.807) is 37.3 Å². The Morgan fingerprint density at radius 1 is 0.947 bits per heavy atom. The van der Waals surface area contributed by atoms with Crippen LogP contribution in [0.15, 0.2) is 66.3 Å². The lowest BCUT2D eigenvalue weighted by molar-refractivity contribution is -0.235. The number of carboxylic acids is 1. The predicted octanol–water partition coefficient (Wildman–Crippen LogP) is 5.54. The number of unbranched alkanes of at least 4 members (excludes halogenated alkanes) is 1. The molecule has 4 amide bonds. The maximum Gasteiger partial charge on any atom is 0.305 e. The molecule has 2 aromatic rings. The summed E-state index contributed by atoms with van der Waals surface area (Å²) in [7, 11) is 1.44. The highest BCUT2D eigenvalue weighted by atomic mass is 32.2. The summed E-state index contributed by atoms with van der Waals surface area (Å²) in [5.41, 5.74) is -4.43. The molecule has 0 bridgehead atoms. The van der Waals surface area contributed by atoms with E-state index in [1.807, 2.05) is 26.0 Å². The Morgan fingerprint density at radius 3 is 2.31 bits per heavy atom. The van der Waals surface area contributed by atoms with Crippen LogP contribution in [-0.2, 0) is 49.5 Å². The molecule has 20 heteroatoms. The Balaban J connectivity index is 0.920. The van der Waals surface area contributed by atoms with Gasteiger partial charge < -0.3 is 50.8 Å². The highest BCUT2D eigenvalue weighted by Crippen LogP contribution is 2.72. The quantitative estimate of drug-likeness (QED) is 0.0765. The summed E-state index contributed by atoms with van der Waals surface area (Å²) in [5, 5.41) is 41.3. The van der Waals surface area contributed by atoms with Crippen molar-refractivity contribution < 1.29 is 71.9 Å². The number of halogens is 2. The number of hydrogen-bond acceptors (Lipinski definition) is 13. The summed E-state index contributed by atoms with van der Waals surface area (Å²) < 4.78 is 52.5. The van der Waals surface area contributed by atoms with Gasteiger partial charge in [-0.2, -0.15) is 0 Å². The number of thioether (sulfide) groups is 1. The van der Waals surface area contributed by atoms with Gasteiger partial charge in [0.1, 0.15) is 30.6 Å². The first kappa shape index (κ1) is 57.2. The third-order valence-electron chi connectivity index (χ3n) is 16.3. The minimum Gasteiger partial charge on any atom is -0.495 e. The van der Waals surface area contributed by atoms with Gasteiger partial charge >= 0.3 is 5.97 Å². The molecule has 4 aliphatic carbocycles. The molecule has 17 nitrogen and oxygen atoms in total. The molecule has 2 aromatic carbocycles. The SMILES string of the molecule is CCCCC(C)SC(CC(=O)O)C(=O)NCCC(=O)N[C@@H](C)C(=O)N[C@@H](C)C(=O)Nc1ccc(Cc2ccc([C@@H]3O[C@@H]4C[C@H]5[C@@H]6C[C@H](F)C7=CC(=O)C=C[C@]7(C)[C@@]6(F)[C@@H](O)C[C@]5(C)[C@]4(C(=O)CO)O3)cc2)cc1OC. The molecular weight excluding hydrogens is 995 g/mol.